The largest absolute Gasteiger partial charge is 0.497 e. The summed E-state index contributed by atoms with van der Waals surface area (Å²) < 4.78 is 45.1. The highest BCUT2D eigenvalue weighted by atomic mass is 32.2. The number of allylic oxidation sites excluding steroid dienone is 1. The summed E-state index contributed by atoms with van der Waals surface area (Å²) in [6, 6.07) is 11.4. The van der Waals surface area contributed by atoms with E-state index < -0.39 is 21.7 Å². The molecular formula is C43H56N6O7S. The molecule has 2 N–H and O–H groups in total. The smallest absolute Gasteiger partial charge is 0.304 e. The van der Waals surface area contributed by atoms with Gasteiger partial charge in [-0.25, -0.2) is 4.72 Å². The third kappa shape index (κ3) is 8.01. The first-order valence-electron chi connectivity index (χ1n) is 20.2. The Balaban J connectivity index is 1.38. The SMILES string of the molecule is CC[C@H](C[C@](C)(O)CC)N(C)C(=O)c1cnn(C)c1C1=Cc2cc(OC)ccc2-c2c(C3CCCCC3)c3ccc(C(=O)NS(=O)(=O)N4CCOCC4)cc3n2C1. The molecule has 0 radical (unpaired) electrons. The molecular weight excluding hydrogens is 745 g/mol. The van der Waals surface area contributed by atoms with Crippen LogP contribution in [-0.2, 0) is 28.5 Å². The zero-order valence-electron chi connectivity index (χ0n) is 34.0. The predicted molar refractivity (Wildman–Crippen MR) is 221 cm³/mol. The molecule has 2 aliphatic heterocycles. The Labute approximate surface area is 335 Å². The Morgan fingerprint density at radius 3 is 2.51 bits per heavy atom. The van der Waals surface area contributed by atoms with Crippen LogP contribution in [0.15, 0.2) is 42.6 Å². The maximum Gasteiger partial charge on any atom is 0.304 e. The number of nitrogens with zero attached hydrogens (tertiary/aromatic N) is 5. The number of carbonyl (C=O) groups excluding carboxylic acids is 2. The Morgan fingerprint density at radius 2 is 1.82 bits per heavy atom. The van der Waals surface area contributed by atoms with Crippen molar-refractivity contribution in [2.45, 2.75) is 96.2 Å². The number of hydrogen-bond acceptors (Lipinski definition) is 8. The molecule has 1 saturated heterocycles. The molecule has 0 bridgehead atoms. The van der Waals surface area contributed by atoms with Crippen molar-refractivity contribution in [1.82, 2.24) is 28.3 Å². The fraction of sp³-hybridized carbons (Fsp3) is 0.512. The van der Waals surface area contributed by atoms with Gasteiger partial charge in [0, 0.05) is 55.3 Å². The van der Waals surface area contributed by atoms with E-state index in [9.17, 15) is 23.1 Å². The molecule has 2 aromatic carbocycles. The Bertz CT molecular complexity index is 2300. The van der Waals surface area contributed by atoms with E-state index >= 15 is 0 Å². The number of aryl methyl sites for hydroxylation is 1. The molecule has 0 spiro atoms. The third-order valence-electron chi connectivity index (χ3n) is 12.3. The monoisotopic (exact) mass is 800 g/mol. The summed E-state index contributed by atoms with van der Waals surface area (Å²) in [5, 5.41) is 16.6. The van der Waals surface area contributed by atoms with Crippen LogP contribution in [0.4, 0.5) is 0 Å². The van der Waals surface area contributed by atoms with E-state index in [1.165, 1.54) is 16.3 Å². The summed E-state index contributed by atoms with van der Waals surface area (Å²) in [6.45, 7) is 7.01. The first kappa shape index (κ1) is 40.7. The van der Waals surface area contributed by atoms with Gasteiger partial charge in [0.15, 0.2) is 0 Å². The summed E-state index contributed by atoms with van der Waals surface area (Å²) in [5.41, 5.74) is 6.26. The van der Waals surface area contributed by atoms with Gasteiger partial charge in [0.05, 0.1) is 55.6 Å². The second-order valence-corrected chi connectivity index (χ2v) is 17.7. The number of nitrogens with one attached hydrogen (secondary N) is 1. The van der Waals surface area contributed by atoms with Crippen LogP contribution >= 0.6 is 0 Å². The summed E-state index contributed by atoms with van der Waals surface area (Å²) in [7, 11) is 1.19. The number of benzene rings is 2. The van der Waals surface area contributed by atoms with Gasteiger partial charge in [-0.05, 0) is 98.1 Å². The zero-order chi connectivity index (χ0) is 40.6. The standard InChI is InChI=1S/C43H56N6O7S/c1-7-32(25-43(3,52)8-2)46(4)42(51)36-26-44-47(5)39(36)31-22-30-23-33(55-6)15-17-34(30)40-38(28-12-10-9-11-13-28)35-16-14-29(24-37(35)49(40)27-31)41(50)45-57(53,54)48-18-20-56-21-19-48/h14-17,22-24,26,28,32,52H,7-13,18-21,25,27H2,1-6H3,(H,45,50)/t32-,43-/m1/s1. The highest BCUT2D eigenvalue weighted by molar-refractivity contribution is 7.87. The van der Waals surface area contributed by atoms with Crippen LogP contribution in [0.3, 0.4) is 0 Å². The lowest BCUT2D eigenvalue weighted by molar-refractivity contribution is 0.0179. The molecule has 0 unspecified atom stereocenters. The fourth-order valence-electron chi connectivity index (χ4n) is 8.89. The van der Waals surface area contributed by atoms with Crippen molar-refractivity contribution in [3.63, 3.8) is 0 Å². The Kier molecular flexibility index (Phi) is 11.7. The van der Waals surface area contributed by atoms with Crippen molar-refractivity contribution in [2.75, 3.05) is 40.5 Å². The molecule has 7 rings (SSSR count). The van der Waals surface area contributed by atoms with Crippen molar-refractivity contribution in [1.29, 1.82) is 0 Å². The van der Waals surface area contributed by atoms with Gasteiger partial charge in [0.1, 0.15) is 5.75 Å². The number of morpholine rings is 1. The number of carbonyl (C=O) groups is 2. The number of hydrogen-bond donors (Lipinski definition) is 2. The van der Waals surface area contributed by atoms with Crippen molar-refractivity contribution >= 4 is 44.6 Å². The maximum atomic E-state index is 14.5. The molecule has 1 aliphatic carbocycles. The number of aromatic nitrogens is 3. The van der Waals surface area contributed by atoms with E-state index in [0.717, 1.165) is 59.0 Å². The highest BCUT2D eigenvalue weighted by Crippen LogP contribution is 2.48. The van der Waals surface area contributed by atoms with E-state index in [0.29, 0.717) is 42.8 Å². The van der Waals surface area contributed by atoms with Crippen LogP contribution in [0.2, 0.25) is 0 Å². The van der Waals surface area contributed by atoms with Gasteiger partial charge in [-0.2, -0.15) is 17.8 Å². The molecule has 57 heavy (non-hydrogen) atoms. The van der Waals surface area contributed by atoms with E-state index in [2.05, 4.69) is 26.5 Å². The summed E-state index contributed by atoms with van der Waals surface area (Å²) >= 11 is 0. The van der Waals surface area contributed by atoms with Gasteiger partial charge in [-0.1, -0.05) is 39.2 Å². The topological polar surface area (TPSA) is 148 Å². The molecule has 1 saturated carbocycles. The van der Waals surface area contributed by atoms with Crippen molar-refractivity contribution < 1.29 is 32.6 Å². The molecule has 2 aromatic heterocycles. The quantitative estimate of drug-likeness (QED) is 0.168. The molecule has 3 aliphatic rings. The van der Waals surface area contributed by atoms with Crippen LogP contribution < -0.4 is 9.46 Å². The average Bonchev–Trinajstić information content (AvgIpc) is 3.70. The van der Waals surface area contributed by atoms with Gasteiger partial charge >= 0.3 is 10.2 Å². The molecule has 13 nitrogen and oxygen atoms in total. The van der Waals surface area contributed by atoms with Gasteiger partial charge < -0.3 is 24.0 Å². The van der Waals surface area contributed by atoms with E-state index in [1.807, 2.05) is 46.0 Å². The first-order valence-corrected chi connectivity index (χ1v) is 21.7. The average molecular weight is 801 g/mol. The van der Waals surface area contributed by atoms with Crippen LogP contribution in [0, 0.1) is 0 Å². The van der Waals surface area contributed by atoms with Gasteiger partial charge in [-0.15, -0.1) is 0 Å². The lowest BCUT2D eigenvalue weighted by Crippen LogP contribution is -2.48. The van der Waals surface area contributed by atoms with E-state index in [4.69, 9.17) is 9.47 Å². The number of methoxy groups -OCH3 is 1. The Morgan fingerprint density at radius 1 is 1.09 bits per heavy atom. The van der Waals surface area contributed by atoms with Crippen molar-refractivity contribution in [2.24, 2.45) is 7.05 Å². The fourth-order valence-corrected chi connectivity index (χ4v) is 10.0. The van der Waals surface area contributed by atoms with Crippen LogP contribution in [0.1, 0.15) is 116 Å². The van der Waals surface area contributed by atoms with E-state index in [-0.39, 0.29) is 49.7 Å². The summed E-state index contributed by atoms with van der Waals surface area (Å²) in [5.74, 6) is 0.0871. The van der Waals surface area contributed by atoms with Crippen LogP contribution in [-0.4, -0.2) is 101 Å². The van der Waals surface area contributed by atoms with Gasteiger partial charge in [0.25, 0.3) is 11.8 Å². The number of rotatable bonds is 12. The van der Waals surface area contributed by atoms with Gasteiger partial charge in [0.2, 0.25) is 0 Å². The van der Waals surface area contributed by atoms with Crippen LogP contribution in [0.25, 0.3) is 33.8 Å². The second-order valence-electron chi connectivity index (χ2n) is 16.0. The minimum atomic E-state index is -4.08. The predicted octanol–water partition coefficient (Wildman–Crippen LogP) is 6.36. The second kappa shape index (κ2) is 16.4. The zero-order valence-corrected chi connectivity index (χ0v) is 34.8. The minimum absolute atomic E-state index is 0.171. The van der Waals surface area contributed by atoms with Crippen LogP contribution in [0.5, 0.6) is 5.75 Å². The number of aliphatic hydroxyl groups is 1. The molecule has 4 aromatic rings. The maximum absolute atomic E-state index is 14.5. The molecule has 2 fully saturated rings. The number of ether oxygens (including phenoxy) is 2. The van der Waals surface area contributed by atoms with Gasteiger partial charge in [-0.3, -0.25) is 14.3 Å². The Hall–Kier alpha value is -4.50. The lowest BCUT2D eigenvalue weighted by Gasteiger charge is -2.33. The number of amides is 2. The molecule has 2 amide bonds. The van der Waals surface area contributed by atoms with E-state index in [1.54, 1.807) is 42.1 Å². The number of fused-ring (bicyclic) bond motifs is 5. The normalized spacial score (nSPS) is 18.2. The third-order valence-corrected chi connectivity index (χ3v) is 13.8. The summed E-state index contributed by atoms with van der Waals surface area (Å²) in [6.07, 6.45) is 10.9. The highest BCUT2D eigenvalue weighted by Gasteiger charge is 2.34. The minimum Gasteiger partial charge on any atom is -0.497 e. The first-order chi connectivity index (χ1) is 27.3. The van der Waals surface area contributed by atoms with Crippen molar-refractivity contribution in [3.05, 3.63) is 70.5 Å². The molecule has 306 valence electrons. The molecule has 4 heterocycles. The molecule has 14 heteroatoms. The summed E-state index contributed by atoms with van der Waals surface area (Å²) in [4.78, 5) is 30.0. The molecule has 2 atom stereocenters. The van der Waals surface area contributed by atoms with Crippen molar-refractivity contribution in [3.8, 4) is 17.0 Å². The lowest BCUT2D eigenvalue weighted by atomic mass is 9.81.